The van der Waals surface area contributed by atoms with Crippen LogP contribution in [0.3, 0.4) is 0 Å². The molecule has 0 bridgehead atoms. The van der Waals surface area contributed by atoms with E-state index < -0.39 is 12.0 Å². The summed E-state index contributed by atoms with van der Waals surface area (Å²) in [6.07, 6.45) is 16.6. The number of aliphatic carboxylic acids is 1. The van der Waals surface area contributed by atoms with E-state index in [0.29, 0.717) is 0 Å². The van der Waals surface area contributed by atoms with Gasteiger partial charge in [0.05, 0.1) is 0 Å². The summed E-state index contributed by atoms with van der Waals surface area (Å²) in [6, 6.07) is -0.874. The van der Waals surface area contributed by atoms with Crippen LogP contribution in [0.15, 0.2) is 58.7 Å². The number of rotatable bonds is 8. The summed E-state index contributed by atoms with van der Waals surface area (Å²) in [5.74, 6) is -1.32. The molecule has 2 N–H and O–H groups in total. The van der Waals surface area contributed by atoms with Gasteiger partial charge in [-0.1, -0.05) is 55.4 Å². The van der Waals surface area contributed by atoms with Crippen LogP contribution in [-0.2, 0) is 14.4 Å². The first-order valence-corrected chi connectivity index (χ1v) is 11.0. The van der Waals surface area contributed by atoms with Crippen LogP contribution >= 0.6 is 12.6 Å². The highest BCUT2D eigenvalue weighted by atomic mass is 32.1. The normalized spacial score (nSPS) is 17.9. The molecule has 1 aliphatic rings. The van der Waals surface area contributed by atoms with Crippen LogP contribution in [0.5, 0.6) is 0 Å². The third kappa shape index (κ3) is 12.2. The number of aldehydes is 1. The molecule has 6 heteroatoms. The zero-order valence-electron chi connectivity index (χ0n) is 19.6. The van der Waals surface area contributed by atoms with Gasteiger partial charge in [-0.2, -0.15) is 12.6 Å². The molecule has 0 aliphatic heterocycles. The first-order valence-electron chi connectivity index (χ1n) is 10.4. The van der Waals surface area contributed by atoms with Gasteiger partial charge in [0.2, 0.25) is 5.91 Å². The number of carbonyl (C=O) groups excluding carboxylic acids is 2. The summed E-state index contributed by atoms with van der Waals surface area (Å²) in [5, 5.41) is 10.6. The van der Waals surface area contributed by atoms with E-state index >= 15 is 0 Å². The van der Waals surface area contributed by atoms with Crippen LogP contribution in [-0.4, -0.2) is 35.1 Å². The van der Waals surface area contributed by atoms with Gasteiger partial charge >= 0.3 is 5.97 Å². The Bertz CT molecular complexity index is 785. The molecule has 1 aliphatic carbocycles. The second kappa shape index (κ2) is 14.6. The Morgan fingerprint density at radius 1 is 1.16 bits per heavy atom. The van der Waals surface area contributed by atoms with Crippen molar-refractivity contribution in [2.45, 2.75) is 66.8 Å². The van der Waals surface area contributed by atoms with Gasteiger partial charge in [0, 0.05) is 12.7 Å². The zero-order valence-corrected chi connectivity index (χ0v) is 20.5. The molecule has 0 spiro atoms. The predicted octanol–water partition coefficient (Wildman–Crippen LogP) is 5.22. The standard InChI is InChI=1S/C20H28O.C5H9NO3S/c1-16(8-6-9-17(2)13-15-21)11-12-19-18(3)10-7-14-20(19,4)5;1-3(7)6-4(2-10)5(8)9/h6,8-9,11-13,15H,7,10,14H2,1-5H3;4,10H,2H2,1H3,(H,6,7)(H,8,9)/b9-6+,12-11+,16-8+,17-13+;/t;4-/m.0/s1. The number of hydrogen-bond acceptors (Lipinski definition) is 4. The smallest absolute Gasteiger partial charge is 0.327 e. The maximum atomic E-state index is 10.3. The highest BCUT2D eigenvalue weighted by Gasteiger charge is 2.26. The number of carboxylic acids is 1. The summed E-state index contributed by atoms with van der Waals surface area (Å²) >= 11 is 3.73. The lowest BCUT2D eigenvalue weighted by Gasteiger charge is -2.32. The van der Waals surface area contributed by atoms with Crippen molar-refractivity contribution < 1.29 is 19.5 Å². The minimum atomic E-state index is -1.06. The Kier molecular flexibility index (Phi) is 13.5. The molecule has 0 aromatic rings. The van der Waals surface area contributed by atoms with Crippen LogP contribution in [0.2, 0.25) is 0 Å². The summed E-state index contributed by atoms with van der Waals surface area (Å²) in [6.45, 7) is 12.2. The van der Waals surface area contributed by atoms with Gasteiger partial charge in [-0.3, -0.25) is 9.59 Å². The van der Waals surface area contributed by atoms with Gasteiger partial charge in [0.25, 0.3) is 0 Å². The van der Waals surface area contributed by atoms with Gasteiger partial charge in [-0.15, -0.1) is 0 Å². The molecule has 0 saturated carbocycles. The number of carboxylic acid groups (broad SMARTS) is 1. The molecule has 0 heterocycles. The van der Waals surface area contributed by atoms with Crippen molar-refractivity contribution >= 4 is 30.8 Å². The maximum absolute atomic E-state index is 10.3. The Balaban J connectivity index is 0.000000759. The average Bonchev–Trinajstić information content (AvgIpc) is 2.65. The van der Waals surface area contributed by atoms with E-state index in [9.17, 15) is 14.4 Å². The monoisotopic (exact) mass is 447 g/mol. The average molecular weight is 448 g/mol. The largest absolute Gasteiger partial charge is 0.480 e. The lowest BCUT2D eigenvalue weighted by molar-refractivity contribution is -0.140. The quantitative estimate of drug-likeness (QED) is 0.206. The summed E-state index contributed by atoms with van der Waals surface area (Å²) in [5.41, 5.74) is 5.48. The van der Waals surface area contributed by atoms with E-state index in [1.54, 1.807) is 6.08 Å². The summed E-state index contributed by atoms with van der Waals surface area (Å²) in [4.78, 5) is 30.9. The third-order valence-corrected chi connectivity index (χ3v) is 5.33. The lowest BCUT2D eigenvalue weighted by atomic mass is 9.72. The van der Waals surface area contributed by atoms with Gasteiger partial charge in [-0.05, 0) is 62.7 Å². The Hall–Kier alpha value is -2.34. The van der Waals surface area contributed by atoms with Crippen molar-refractivity contribution in [1.82, 2.24) is 5.32 Å². The minimum Gasteiger partial charge on any atom is -0.480 e. The SMILES string of the molecule is CC(=O)N[C@@H](CS)C(=O)O.CC1=C(/C=C/C(C)=C/C=C/C(C)=C/C=O)C(C)(C)CCC1. The van der Waals surface area contributed by atoms with Crippen molar-refractivity contribution in [2.75, 3.05) is 5.75 Å². The highest BCUT2D eigenvalue weighted by Crippen LogP contribution is 2.40. The van der Waals surface area contributed by atoms with Crippen molar-refractivity contribution in [3.8, 4) is 0 Å². The van der Waals surface area contributed by atoms with Crippen LogP contribution < -0.4 is 5.32 Å². The van der Waals surface area contributed by atoms with E-state index in [0.717, 1.165) is 11.9 Å². The van der Waals surface area contributed by atoms with E-state index in [1.807, 2.05) is 19.1 Å². The van der Waals surface area contributed by atoms with E-state index in [4.69, 9.17) is 5.11 Å². The second-order valence-electron chi connectivity index (χ2n) is 8.36. The van der Waals surface area contributed by atoms with Gasteiger partial charge in [0.1, 0.15) is 12.3 Å². The molecule has 0 unspecified atom stereocenters. The number of nitrogens with one attached hydrogen (secondary N) is 1. The number of amides is 1. The molecule has 5 nitrogen and oxygen atoms in total. The number of thiol groups is 1. The topological polar surface area (TPSA) is 83.5 Å². The summed E-state index contributed by atoms with van der Waals surface area (Å²) in [7, 11) is 0. The van der Waals surface area contributed by atoms with E-state index in [-0.39, 0.29) is 17.1 Å². The van der Waals surface area contributed by atoms with Crippen molar-refractivity contribution in [2.24, 2.45) is 5.41 Å². The number of hydrogen-bond donors (Lipinski definition) is 3. The molecular formula is C25H37NO4S. The predicted molar refractivity (Wildman–Crippen MR) is 131 cm³/mol. The number of allylic oxidation sites excluding steroid dienone is 10. The fourth-order valence-electron chi connectivity index (χ4n) is 3.23. The molecule has 1 atom stereocenters. The number of carbonyl (C=O) groups is 3. The van der Waals surface area contributed by atoms with Crippen molar-refractivity contribution in [3.05, 3.63) is 58.7 Å². The molecule has 0 fully saturated rings. The second-order valence-corrected chi connectivity index (χ2v) is 8.72. The van der Waals surface area contributed by atoms with E-state index in [1.165, 1.54) is 42.9 Å². The molecule has 0 radical (unpaired) electrons. The van der Waals surface area contributed by atoms with Gasteiger partial charge in [-0.25, -0.2) is 4.79 Å². The molecule has 172 valence electrons. The van der Waals surface area contributed by atoms with Crippen LogP contribution in [0.25, 0.3) is 0 Å². The zero-order chi connectivity index (χ0) is 24.0. The Morgan fingerprint density at radius 3 is 2.23 bits per heavy atom. The Morgan fingerprint density at radius 2 is 1.77 bits per heavy atom. The van der Waals surface area contributed by atoms with Gasteiger partial charge < -0.3 is 10.4 Å². The molecule has 0 saturated heterocycles. The highest BCUT2D eigenvalue weighted by molar-refractivity contribution is 7.80. The van der Waals surface area contributed by atoms with Crippen LogP contribution in [0.1, 0.15) is 60.8 Å². The van der Waals surface area contributed by atoms with E-state index in [2.05, 4.69) is 63.9 Å². The lowest BCUT2D eigenvalue weighted by Crippen LogP contribution is -2.40. The Labute approximate surface area is 192 Å². The molecular weight excluding hydrogens is 410 g/mol. The fourth-order valence-corrected chi connectivity index (χ4v) is 3.47. The van der Waals surface area contributed by atoms with Crippen molar-refractivity contribution in [1.29, 1.82) is 0 Å². The molecule has 1 rings (SSSR count). The fraction of sp³-hybridized carbons (Fsp3) is 0.480. The van der Waals surface area contributed by atoms with Crippen molar-refractivity contribution in [3.63, 3.8) is 0 Å². The van der Waals surface area contributed by atoms with Gasteiger partial charge in [0.15, 0.2) is 0 Å². The van der Waals surface area contributed by atoms with Crippen LogP contribution in [0, 0.1) is 5.41 Å². The van der Waals surface area contributed by atoms with Crippen LogP contribution in [0.4, 0.5) is 0 Å². The minimum absolute atomic E-state index is 0.106. The molecule has 0 aromatic carbocycles. The third-order valence-electron chi connectivity index (χ3n) is 4.96. The molecule has 1 amide bonds. The molecule has 0 aromatic heterocycles. The first kappa shape index (κ1) is 28.7. The molecule has 31 heavy (non-hydrogen) atoms. The maximum Gasteiger partial charge on any atom is 0.327 e. The summed E-state index contributed by atoms with van der Waals surface area (Å²) < 4.78 is 0. The first-order chi connectivity index (χ1) is 14.4.